The van der Waals surface area contributed by atoms with Crippen LogP contribution in [0.1, 0.15) is 17.0 Å². The molecule has 4 nitrogen and oxygen atoms in total. The number of hydrogen-bond acceptors (Lipinski definition) is 4. The maximum Gasteiger partial charge on any atom is 0.264 e. The van der Waals surface area contributed by atoms with Crippen molar-refractivity contribution in [2.24, 2.45) is 0 Å². The quantitative estimate of drug-likeness (QED) is 0.663. The van der Waals surface area contributed by atoms with E-state index >= 15 is 0 Å². The fourth-order valence-electron chi connectivity index (χ4n) is 2.34. The minimum atomic E-state index is -3.54. The van der Waals surface area contributed by atoms with Gasteiger partial charge in [-0.05, 0) is 41.8 Å². The van der Waals surface area contributed by atoms with E-state index in [2.05, 4.69) is 0 Å². The van der Waals surface area contributed by atoms with Crippen LogP contribution < -0.4 is 4.74 Å². The van der Waals surface area contributed by atoms with Crippen molar-refractivity contribution in [1.29, 1.82) is 0 Å². The van der Waals surface area contributed by atoms with Gasteiger partial charge >= 0.3 is 0 Å². The molecule has 0 amide bonds. The van der Waals surface area contributed by atoms with Crippen molar-refractivity contribution in [3.63, 3.8) is 0 Å². The Morgan fingerprint density at radius 3 is 2.29 bits per heavy atom. The van der Waals surface area contributed by atoms with Gasteiger partial charge in [-0.1, -0.05) is 41.4 Å². The minimum absolute atomic E-state index is 0.00617. The summed E-state index contributed by atoms with van der Waals surface area (Å²) in [5.41, 5.74) is 1.81. The lowest BCUT2D eigenvalue weighted by Crippen LogP contribution is -2.15. The Morgan fingerprint density at radius 1 is 1.08 bits per heavy atom. The molecule has 0 aliphatic heterocycles. The third-order valence-electron chi connectivity index (χ3n) is 3.53. The SMILES string of the molecule is COc1ccc(CC(COS(C)(=O)=O)c2ccc(Cl)cc2Cl)cc1. The second-order valence-electron chi connectivity index (χ2n) is 5.40. The van der Waals surface area contributed by atoms with E-state index < -0.39 is 10.1 Å². The van der Waals surface area contributed by atoms with Crippen molar-refractivity contribution in [2.45, 2.75) is 12.3 Å². The van der Waals surface area contributed by atoms with Gasteiger partial charge in [0.1, 0.15) is 5.75 Å². The zero-order chi connectivity index (χ0) is 17.7. The van der Waals surface area contributed by atoms with Crippen molar-refractivity contribution in [1.82, 2.24) is 0 Å². The van der Waals surface area contributed by atoms with Crippen LogP contribution in [0.2, 0.25) is 10.0 Å². The monoisotopic (exact) mass is 388 g/mol. The minimum Gasteiger partial charge on any atom is -0.497 e. The lowest BCUT2D eigenvalue weighted by Gasteiger charge is -2.19. The van der Waals surface area contributed by atoms with E-state index in [9.17, 15) is 8.42 Å². The van der Waals surface area contributed by atoms with Gasteiger partial charge in [0.15, 0.2) is 0 Å². The van der Waals surface area contributed by atoms with Gasteiger partial charge in [0, 0.05) is 16.0 Å². The molecule has 0 saturated heterocycles. The zero-order valence-corrected chi connectivity index (χ0v) is 15.7. The van der Waals surface area contributed by atoms with Crippen molar-refractivity contribution in [2.75, 3.05) is 20.0 Å². The highest BCUT2D eigenvalue weighted by Crippen LogP contribution is 2.31. The summed E-state index contributed by atoms with van der Waals surface area (Å²) >= 11 is 12.2. The zero-order valence-electron chi connectivity index (χ0n) is 13.3. The lowest BCUT2D eigenvalue weighted by molar-refractivity contribution is 0.293. The molecule has 0 saturated carbocycles. The number of benzene rings is 2. The first-order chi connectivity index (χ1) is 11.3. The molecule has 2 aromatic rings. The van der Waals surface area contributed by atoms with Crippen molar-refractivity contribution in [3.05, 3.63) is 63.6 Å². The van der Waals surface area contributed by atoms with Gasteiger partial charge in [-0.15, -0.1) is 0 Å². The largest absolute Gasteiger partial charge is 0.497 e. The summed E-state index contributed by atoms with van der Waals surface area (Å²) in [7, 11) is -1.94. The Hall–Kier alpha value is -1.27. The van der Waals surface area contributed by atoms with Gasteiger partial charge in [0.05, 0.1) is 20.0 Å². The highest BCUT2D eigenvalue weighted by molar-refractivity contribution is 7.85. The smallest absolute Gasteiger partial charge is 0.264 e. The van der Waals surface area contributed by atoms with E-state index in [0.717, 1.165) is 23.1 Å². The summed E-state index contributed by atoms with van der Waals surface area (Å²) in [5, 5.41) is 1.01. The molecule has 0 aromatic heterocycles. The molecule has 2 aromatic carbocycles. The van der Waals surface area contributed by atoms with Crippen molar-refractivity contribution < 1.29 is 17.3 Å². The number of methoxy groups -OCH3 is 1. The lowest BCUT2D eigenvalue weighted by atomic mass is 9.92. The second-order valence-corrected chi connectivity index (χ2v) is 7.89. The summed E-state index contributed by atoms with van der Waals surface area (Å²) in [4.78, 5) is 0. The molecule has 0 heterocycles. The Morgan fingerprint density at radius 2 is 1.75 bits per heavy atom. The highest BCUT2D eigenvalue weighted by atomic mass is 35.5. The van der Waals surface area contributed by atoms with Crippen LogP contribution in [0.4, 0.5) is 0 Å². The molecule has 24 heavy (non-hydrogen) atoms. The summed E-state index contributed by atoms with van der Waals surface area (Å²) in [6.07, 6.45) is 1.60. The third-order valence-corrected chi connectivity index (χ3v) is 4.65. The van der Waals surface area contributed by atoms with Crippen LogP contribution in [0.15, 0.2) is 42.5 Å². The van der Waals surface area contributed by atoms with E-state index in [1.165, 1.54) is 0 Å². The van der Waals surface area contributed by atoms with Crippen molar-refractivity contribution >= 4 is 33.3 Å². The van der Waals surface area contributed by atoms with Gasteiger partial charge in [0.2, 0.25) is 0 Å². The van der Waals surface area contributed by atoms with Crippen LogP contribution in [0.5, 0.6) is 5.75 Å². The third kappa shape index (κ3) is 5.67. The number of rotatable bonds is 7. The molecule has 0 bridgehead atoms. The molecule has 0 spiro atoms. The molecular formula is C17H18Cl2O4S. The Bertz CT molecular complexity index is 789. The molecule has 130 valence electrons. The Kier molecular flexibility index (Phi) is 6.52. The topological polar surface area (TPSA) is 52.6 Å². The molecule has 1 unspecified atom stereocenters. The van der Waals surface area contributed by atoms with E-state index in [4.69, 9.17) is 32.1 Å². The van der Waals surface area contributed by atoms with E-state index in [0.29, 0.717) is 16.5 Å². The summed E-state index contributed by atoms with van der Waals surface area (Å²) in [5.74, 6) is 0.532. The molecular weight excluding hydrogens is 371 g/mol. The first-order valence-corrected chi connectivity index (χ1v) is 9.78. The molecule has 0 fully saturated rings. The van der Waals surface area contributed by atoms with Gasteiger partial charge in [-0.2, -0.15) is 8.42 Å². The Balaban J connectivity index is 2.27. The number of halogens is 2. The van der Waals surface area contributed by atoms with Crippen LogP contribution in [-0.2, 0) is 20.7 Å². The van der Waals surface area contributed by atoms with Crippen LogP contribution in [0.25, 0.3) is 0 Å². The predicted octanol–water partition coefficient (Wildman–Crippen LogP) is 4.30. The standard InChI is InChI=1S/C17H18Cl2O4S/c1-22-15-6-3-12(4-7-15)9-13(11-23-24(2,20)21)16-8-5-14(18)10-17(16)19/h3-8,10,13H,9,11H2,1-2H3. The van der Waals surface area contributed by atoms with Crippen molar-refractivity contribution in [3.8, 4) is 5.75 Å². The van der Waals surface area contributed by atoms with Crippen LogP contribution >= 0.6 is 23.2 Å². The fraction of sp³-hybridized carbons (Fsp3) is 0.294. The van der Waals surface area contributed by atoms with E-state index in [-0.39, 0.29) is 12.5 Å². The molecule has 1 atom stereocenters. The first-order valence-electron chi connectivity index (χ1n) is 7.21. The van der Waals surface area contributed by atoms with Crippen LogP contribution in [-0.4, -0.2) is 28.4 Å². The second kappa shape index (κ2) is 8.21. The molecule has 0 radical (unpaired) electrons. The summed E-state index contributed by atoms with van der Waals surface area (Å²) < 4.78 is 32.8. The molecule has 0 aliphatic carbocycles. The van der Waals surface area contributed by atoms with Gasteiger partial charge < -0.3 is 4.74 Å². The molecule has 7 heteroatoms. The maximum atomic E-state index is 11.3. The Labute approximate surface area is 152 Å². The predicted molar refractivity (Wildman–Crippen MR) is 96.7 cm³/mol. The van der Waals surface area contributed by atoms with Gasteiger partial charge in [0.25, 0.3) is 10.1 Å². The van der Waals surface area contributed by atoms with E-state index in [1.807, 2.05) is 24.3 Å². The fourth-order valence-corrected chi connectivity index (χ4v) is 3.32. The van der Waals surface area contributed by atoms with Gasteiger partial charge in [-0.3, -0.25) is 4.18 Å². The summed E-state index contributed by atoms with van der Waals surface area (Å²) in [6.45, 7) is 0.00617. The molecule has 2 rings (SSSR count). The average Bonchev–Trinajstić information content (AvgIpc) is 2.51. The van der Waals surface area contributed by atoms with E-state index in [1.54, 1.807) is 25.3 Å². The highest BCUT2D eigenvalue weighted by Gasteiger charge is 2.19. The normalized spacial score (nSPS) is 12.8. The molecule has 0 aliphatic rings. The van der Waals surface area contributed by atoms with Gasteiger partial charge in [-0.25, -0.2) is 0 Å². The number of hydrogen-bond donors (Lipinski definition) is 0. The van der Waals surface area contributed by atoms with Crippen LogP contribution in [0, 0.1) is 0 Å². The molecule has 0 N–H and O–H groups in total. The summed E-state index contributed by atoms with van der Waals surface area (Å²) in [6, 6.07) is 12.7. The number of ether oxygens (including phenoxy) is 1. The first kappa shape index (κ1) is 19.1. The average molecular weight is 389 g/mol. The van der Waals surface area contributed by atoms with Crippen LogP contribution in [0.3, 0.4) is 0 Å². The maximum absolute atomic E-state index is 11.3.